The van der Waals surface area contributed by atoms with E-state index in [2.05, 4.69) is 27.9 Å². The maximum atomic E-state index is 9.74. The first-order chi connectivity index (χ1) is 8.67. The molecule has 0 bridgehead atoms. The number of aliphatic hydroxyl groups is 1. The third kappa shape index (κ3) is 5.16. The predicted octanol–water partition coefficient (Wildman–Crippen LogP) is 1.06. The largest absolute Gasteiger partial charge is 0.473 e. The number of ether oxygens (including phenoxy) is 2. The van der Waals surface area contributed by atoms with Crippen LogP contribution in [0.1, 0.15) is 27.2 Å². The fraction of sp³-hybridized carbons (Fsp3) is 0.818. The highest BCUT2D eigenvalue weighted by Gasteiger charge is 2.13. The molecule has 6 nitrogen and oxygen atoms in total. The molecule has 1 aromatic heterocycles. The van der Waals surface area contributed by atoms with Gasteiger partial charge in [-0.2, -0.15) is 0 Å². The third-order valence-corrected chi connectivity index (χ3v) is 2.93. The summed E-state index contributed by atoms with van der Waals surface area (Å²) < 4.78 is 18.5. The van der Waals surface area contributed by atoms with Crippen molar-refractivity contribution < 1.29 is 14.6 Å². The van der Waals surface area contributed by atoms with E-state index in [9.17, 15) is 5.11 Å². The first-order valence-electron chi connectivity index (χ1n) is 6.16. The van der Waals surface area contributed by atoms with E-state index < -0.39 is 6.10 Å². The van der Waals surface area contributed by atoms with Crippen molar-refractivity contribution in [1.82, 2.24) is 14.1 Å². The van der Waals surface area contributed by atoms with Crippen LogP contribution in [0.15, 0.2) is 0 Å². The summed E-state index contributed by atoms with van der Waals surface area (Å²) >= 11 is 1.03. The van der Waals surface area contributed by atoms with Crippen LogP contribution in [0, 0.1) is 0 Å². The van der Waals surface area contributed by atoms with Crippen molar-refractivity contribution in [2.45, 2.75) is 39.3 Å². The quantitative estimate of drug-likeness (QED) is 0.702. The van der Waals surface area contributed by atoms with Gasteiger partial charge in [-0.1, -0.05) is 6.92 Å². The normalized spacial score (nSPS) is 14.2. The third-order valence-electron chi connectivity index (χ3n) is 2.44. The minimum absolute atomic E-state index is 0.176. The fourth-order valence-corrected chi connectivity index (χ4v) is 1.65. The highest BCUT2D eigenvalue weighted by molar-refractivity contribution is 6.99. The molecule has 1 aromatic rings. The molecule has 0 aromatic carbocycles. The standard InChI is InChI=1S/C11H21N3O3S/c1-4-8(3)12-6-9(15)7-17-11-10(16-5-2)13-18-14-11/h8-9,12,15H,4-7H2,1-3H3. The molecular formula is C11H21N3O3S. The number of aromatic nitrogens is 2. The van der Waals surface area contributed by atoms with Crippen molar-refractivity contribution >= 4 is 11.7 Å². The second kappa shape index (κ2) is 8.23. The molecule has 0 aliphatic carbocycles. The lowest BCUT2D eigenvalue weighted by Crippen LogP contribution is -2.36. The topological polar surface area (TPSA) is 76.5 Å². The van der Waals surface area contributed by atoms with Gasteiger partial charge >= 0.3 is 0 Å². The molecule has 0 fully saturated rings. The van der Waals surface area contributed by atoms with E-state index in [1.54, 1.807) is 0 Å². The van der Waals surface area contributed by atoms with Gasteiger partial charge in [0.2, 0.25) is 0 Å². The first kappa shape index (κ1) is 15.1. The second-order valence-electron chi connectivity index (χ2n) is 3.99. The first-order valence-corrected chi connectivity index (χ1v) is 6.89. The van der Waals surface area contributed by atoms with Crippen molar-refractivity contribution in [3.05, 3.63) is 0 Å². The van der Waals surface area contributed by atoms with Crippen molar-refractivity contribution in [2.24, 2.45) is 0 Å². The van der Waals surface area contributed by atoms with Gasteiger partial charge in [-0.15, -0.1) is 8.75 Å². The molecule has 0 saturated carbocycles. The van der Waals surface area contributed by atoms with Crippen LogP contribution in [0.4, 0.5) is 0 Å². The Kier molecular flexibility index (Phi) is 6.92. The number of hydrogen-bond acceptors (Lipinski definition) is 7. The Hall–Kier alpha value is -0.920. The molecular weight excluding hydrogens is 254 g/mol. The average Bonchev–Trinajstić information content (AvgIpc) is 2.81. The van der Waals surface area contributed by atoms with E-state index in [-0.39, 0.29) is 6.61 Å². The van der Waals surface area contributed by atoms with E-state index in [1.165, 1.54) is 0 Å². The molecule has 0 spiro atoms. The van der Waals surface area contributed by atoms with Crippen LogP contribution in [0.2, 0.25) is 0 Å². The Morgan fingerprint density at radius 3 is 2.56 bits per heavy atom. The second-order valence-corrected chi connectivity index (χ2v) is 4.52. The van der Waals surface area contributed by atoms with Crippen molar-refractivity contribution in [3.63, 3.8) is 0 Å². The Bertz CT molecular complexity index is 335. The SMILES string of the molecule is CCOc1nsnc1OCC(O)CNC(C)CC. The molecule has 0 aliphatic heterocycles. The van der Waals surface area contributed by atoms with E-state index in [0.29, 0.717) is 31.0 Å². The van der Waals surface area contributed by atoms with Crippen LogP contribution >= 0.6 is 11.7 Å². The van der Waals surface area contributed by atoms with Gasteiger partial charge in [0.1, 0.15) is 12.7 Å². The summed E-state index contributed by atoms with van der Waals surface area (Å²) in [5.41, 5.74) is 0. The molecule has 2 N–H and O–H groups in total. The van der Waals surface area contributed by atoms with E-state index >= 15 is 0 Å². The fourth-order valence-electron chi connectivity index (χ4n) is 1.20. The molecule has 2 atom stereocenters. The number of hydrogen-bond donors (Lipinski definition) is 2. The van der Waals surface area contributed by atoms with E-state index in [1.807, 2.05) is 6.92 Å². The maximum Gasteiger partial charge on any atom is 0.291 e. The summed E-state index contributed by atoms with van der Waals surface area (Å²) in [6.45, 7) is 7.22. The molecule has 104 valence electrons. The highest BCUT2D eigenvalue weighted by atomic mass is 32.1. The lowest BCUT2D eigenvalue weighted by molar-refractivity contribution is 0.0994. The summed E-state index contributed by atoms with van der Waals surface area (Å²) in [6, 6.07) is 0.388. The lowest BCUT2D eigenvalue weighted by atomic mass is 10.2. The minimum Gasteiger partial charge on any atom is -0.473 e. The molecule has 0 radical (unpaired) electrons. The van der Waals surface area contributed by atoms with Gasteiger partial charge in [-0.3, -0.25) is 0 Å². The predicted molar refractivity (Wildman–Crippen MR) is 70.3 cm³/mol. The van der Waals surface area contributed by atoms with Crippen LogP contribution in [0.3, 0.4) is 0 Å². The van der Waals surface area contributed by atoms with Gasteiger partial charge in [-0.05, 0) is 20.3 Å². The van der Waals surface area contributed by atoms with Gasteiger partial charge < -0.3 is 19.9 Å². The molecule has 0 saturated heterocycles. The Morgan fingerprint density at radius 2 is 1.94 bits per heavy atom. The minimum atomic E-state index is -0.574. The van der Waals surface area contributed by atoms with Crippen LogP contribution in [0.5, 0.6) is 11.8 Å². The van der Waals surface area contributed by atoms with Gasteiger partial charge in [0.15, 0.2) is 0 Å². The summed E-state index contributed by atoms with van der Waals surface area (Å²) in [6.07, 6.45) is 0.452. The summed E-state index contributed by atoms with van der Waals surface area (Å²) in [4.78, 5) is 0. The van der Waals surface area contributed by atoms with Gasteiger partial charge in [0, 0.05) is 12.6 Å². The zero-order chi connectivity index (χ0) is 13.4. The summed E-state index contributed by atoms with van der Waals surface area (Å²) in [5.74, 6) is 0.744. The maximum absolute atomic E-state index is 9.74. The van der Waals surface area contributed by atoms with Crippen LogP contribution in [0.25, 0.3) is 0 Å². The molecule has 1 heterocycles. The average molecular weight is 275 g/mol. The zero-order valence-electron chi connectivity index (χ0n) is 11.0. The monoisotopic (exact) mass is 275 g/mol. The number of aliphatic hydroxyl groups excluding tert-OH is 1. The van der Waals surface area contributed by atoms with Crippen molar-refractivity contribution in [3.8, 4) is 11.8 Å². The zero-order valence-corrected chi connectivity index (χ0v) is 11.9. The van der Waals surface area contributed by atoms with Crippen molar-refractivity contribution in [1.29, 1.82) is 0 Å². The summed E-state index contributed by atoms with van der Waals surface area (Å²) in [7, 11) is 0. The number of nitrogens with zero attached hydrogens (tertiary/aromatic N) is 2. The summed E-state index contributed by atoms with van der Waals surface area (Å²) in [5, 5.41) is 12.9. The van der Waals surface area contributed by atoms with Crippen LogP contribution < -0.4 is 14.8 Å². The number of nitrogens with one attached hydrogen (secondary N) is 1. The Balaban J connectivity index is 2.28. The van der Waals surface area contributed by atoms with Gasteiger partial charge in [-0.25, -0.2) is 0 Å². The Morgan fingerprint density at radius 1 is 1.28 bits per heavy atom. The molecule has 0 aliphatic rings. The Labute approximate surface area is 112 Å². The van der Waals surface area contributed by atoms with Gasteiger partial charge in [0.25, 0.3) is 11.8 Å². The molecule has 1 rings (SSSR count). The smallest absolute Gasteiger partial charge is 0.291 e. The number of rotatable bonds is 9. The molecule has 0 amide bonds. The highest BCUT2D eigenvalue weighted by Crippen LogP contribution is 2.23. The molecule has 7 heteroatoms. The van der Waals surface area contributed by atoms with Crippen LogP contribution in [-0.2, 0) is 0 Å². The lowest BCUT2D eigenvalue weighted by Gasteiger charge is -2.15. The molecule has 2 unspecified atom stereocenters. The van der Waals surface area contributed by atoms with E-state index in [0.717, 1.165) is 18.1 Å². The molecule has 18 heavy (non-hydrogen) atoms. The van der Waals surface area contributed by atoms with Gasteiger partial charge in [0.05, 0.1) is 18.3 Å². The van der Waals surface area contributed by atoms with Crippen molar-refractivity contribution in [2.75, 3.05) is 19.8 Å². The van der Waals surface area contributed by atoms with Crippen LogP contribution in [-0.4, -0.2) is 45.8 Å². The van der Waals surface area contributed by atoms with E-state index in [4.69, 9.17) is 9.47 Å².